The van der Waals surface area contributed by atoms with E-state index in [2.05, 4.69) is 70.0 Å². The topological polar surface area (TPSA) is 62.5 Å². The molecule has 3 aromatic rings. The second-order valence-corrected chi connectivity index (χ2v) is 7.61. The number of fused-ring (bicyclic) bond motifs is 1. The van der Waals surface area contributed by atoms with E-state index in [-0.39, 0.29) is 5.41 Å². The van der Waals surface area contributed by atoms with Crippen LogP contribution in [0.3, 0.4) is 0 Å². The second kappa shape index (κ2) is 5.68. The number of aromatic nitrogens is 5. The Balaban J connectivity index is 1.46. The normalized spacial score (nSPS) is 15.4. The highest BCUT2D eigenvalue weighted by atomic mass is 15.4. The molecule has 4 heterocycles. The summed E-state index contributed by atoms with van der Waals surface area (Å²) >= 11 is 0. The van der Waals surface area contributed by atoms with Gasteiger partial charge in [0.25, 0.3) is 0 Å². The molecule has 0 spiro atoms. The molecule has 0 atom stereocenters. The summed E-state index contributed by atoms with van der Waals surface area (Å²) in [5.41, 5.74) is 2.07. The molecule has 1 aliphatic rings. The summed E-state index contributed by atoms with van der Waals surface area (Å²) in [6, 6.07) is 6.54. The lowest BCUT2D eigenvalue weighted by Gasteiger charge is -2.44. The molecule has 1 aliphatic heterocycles. The summed E-state index contributed by atoms with van der Waals surface area (Å²) < 4.78 is 1.85. The third-order valence-corrected chi connectivity index (χ3v) is 4.79. The Morgan fingerprint density at radius 2 is 1.88 bits per heavy atom. The Hall–Kier alpha value is -2.70. The van der Waals surface area contributed by atoms with Crippen LogP contribution in [0.2, 0.25) is 0 Å². The summed E-state index contributed by atoms with van der Waals surface area (Å²) in [6.45, 7) is 8.27. The predicted molar refractivity (Wildman–Crippen MR) is 98.1 cm³/mol. The molecule has 1 saturated heterocycles. The van der Waals surface area contributed by atoms with Crippen LogP contribution in [-0.4, -0.2) is 51.0 Å². The highest BCUT2D eigenvalue weighted by molar-refractivity contribution is 5.69. The number of likely N-dealkylation sites (N-methyl/N-ethyl adjacent to an activating group) is 1. The van der Waals surface area contributed by atoms with Gasteiger partial charge in [0.15, 0.2) is 11.6 Å². The molecule has 0 bridgehead atoms. The lowest BCUT2D eigenvalue weighted by Crippen LogP contribution is -2.59. The molecule has 0 N–H and O–H groups in total. The minimum Gasteiger partial charge on any atom is -0.351 e. The Labute approximate surface area is 147 Å². The number of anilines is 2. The maximum atomic E-state index is 4.54. The molecule has 7 heteroatoms. The van der Waals surface area contributed by atoms with Crippen molar-refractivity contribution in [2.24, 2.45) is 0 Å². The highest BCUT2D eigenvalue weighted by Crippen LogP contribution is 2.27. The van der Waals surface area contributed by atoms with Gasteiger partial charge in [-0.25, -0.2) is 9.50 Å². The van der Waals surface area contributed by atoms with Crippen LogP contribution in [0.5, 0.6) is 0 Å². The molecule has 0 radical (unpaired) electrons. The largest absolute Gasteiger partial charge is 0.351 e. The standard InChI is InChI=1S/C18H23N7/c1-18(2,3)15-5-6-16(22-21-15)24-11-13(12-24)23(4)17-14-7-8-20-25(14)10-9-19-17/h5-10,13H,11-12H2,1-4H3. The van der Waals surface area contributed by atoms with E-state index in [0.717, 1.165) is 35.9 Å². The molecule has 3 aromatic heterocycles. The number of nitrogens with zero attached hydrogens (tertiary/aromatic N) is 7. The minimum absolute atomic E-state index is 0.0266. The summed E-state index contributed by atoms with van der Waals surface area (Å²) in [5, 5.41) is 13.1. The van der Waals surface area contributed by atoms with Crippen LogP contribution in [-0.2, 0) is 5.41 Å². The maximum absolute atomic E-state index is 4.54. The Morgan fingerprint density at radius 3 is 2.56 bits per heavy atom. The van der Waals surface area contributed by atoms with Crippen molar-refractivity contribution < 1.29 is 0 Å². The van der Waals surface area contributed by atoms with Gasteiger partial charge in [0.1, 0.15) is 5.52 Å². The summed E-state index contributed by atoms with van der Waals surface area (Å²) in [7, 11) is 2.09. The van der Waals surface area contributed by atoms with Crippen LogP contribution in [0.15, 0.2) is 36.8 Å². The Morgan fingerprint density at radius 1 is 1.08 bits per heavy atom. The lowest BCUT2D eigenvalue weighted by atomic mass is 9.92. The average Bonchev–Trinajstić information content (AvgIpc) is 3.01. The fraction of sp³-hybridized carbons (Fsp3) is 0.444. The van der Waals surface area contributed by atoms with Crippen molar-refractivity contribution in [3.63, 3.8) is 0 Å². The maximum Gasteiger partial charge on any atom is 0.154 e. The fourth-order valence-electron chi connectivity index (χ4n) is 3.07. The SMILES string of the molecule is CN(c1nccn2nccc12)C1CN(c2ccc(C(C)(C)C)nn2)C1. The predicted octanol–water partition coefficient (Wildman–Crippen LogP) is 2.14. The minimum atomic E-state index is 0.0266. The fourth-order valence-corrected chi connectivity index (χ4v) is 3.07. The van der Waals surface area contributed by atoms with Gasteiger partial charge in [-0.2, -0.15) is 10.2 Å². The molecule has 130 valence electrons. The first-order valence-electron chi connectivity index (χ1n) is 8.54. The van der Waals surface area contributed by atoms with Gasteiger partial charge in [-0.3, -0.25) is 0 Å². The Bertz CT molecular complexity index is 872. The van der Waals surface area contributed by atoms with Crippen molar-refractivity contribution >= 4 is 17.2 Å². The van der Waals surface area contributed by atoms with Gasteiger partial charge in [0.2, 0.25) is 0 Å². The average molecular weight is 337 g/mol. The van der Waals surface area contributed by atoms with Gasteiger partial charge >= 0.3 is 0 Å². The van der Waals surface area contributed by atoms with Gasteiger partial charge in [0, 0.05) is 37.9 Å². The van der Waals surface area contributed by atoms with Crippen molar-refractivity contribution in [3.05, 3.63) is 42.5 Å². The molecule has 1 fully saturated rings. The molecule has 4 rings (SSSR count). The first kappa shape index (κ1) is 15.8. The van der Waals surface area contributed by atoms with Gasteiger partial charge in [-0.05, 0) is 18.2 Å². The molecular formula is C18H23N7. The van der Waals surface area contributed by atoms with Crippen molar-refractivity contribution in [1.82, 2.24) is 24.8 Å². The van der Waals surface area contributed by atoms with E-state index in [1.165, 1.54) is 0 Å². The quantitative estimate of drug-likeness (QED) is 0.730. The lowest BCUT2D eigenvalue weighted by molar-refractivity contribution is 0.485. The van der Waals surface area contributed by atoms with Gasteiger partial charge in [-0.1, -0.05) is 20.8 Å². The van der Waals surface area contributed by atoms with Crippen LogP contribution < -0.4 is 9.80 Å². The van der Waals surface area contributed by atoms with Crippen molar-refractivity contribution in [3.8, 4) is 0 Å². The van der Waals surface area contributed by atoms with Crippen LogP contribution in [0.4, 0.5) is 11.6 Å². The molecule has 0 unspecified atom stereocenters. The van der Waals surface area contributed by atoms with Crippen molar-refractivity contribution in [2.45, 2.75) is 32.2 Å². The van der Waals surface area contributed by atoms with Crippen molar-refractivity contribution in [1.29, 1.82) is 0 Å². The van der Waals surface area contributed by atoms with Crippen LogP contribution in [0.25, 0.3) is 5.52 Å². The first-order valence-corrected chi connectivity index (χ1v) is 8.54. The third-order valence-electron chi connectivity index (χ3n) is 4.79. The van der Waals surface area contributed by atoms with Crippen molar-refractivity contribution in [2.75, 3.05) is 29.9 Å². The summed E-state index contributed by atoms with van der Waals surface area (Å²) in [4.78, 5) is 9.01. The molecule has 0 aromatic carbocycles. The zero-order chi connectivity index (χ0) is 17.6. The number of rotatable bonds is 3. The van der Waals surface area contributed by atoms with E-state index in [1.807, 2.05) is 16.8 Å². The van der Waals surface area contributed by atoms with E-state index >= 15 is 0 Å². The summed E-state index contributed by atoms with van der Waals surface area (Å²) in [5.74, 6) is 1.90. The second-order valence-electron chi connectivity index (χ2n) is 7.61. The van der Waals surface area contributed by atoms with E-state index in [9.17, 15) is 0 Å². The van der Waals surface area contributed by atoms with E-state index in [4.69, 9.17) is 0 Å². The Kier molecular flexibility index (Phi) is 3.59. The zero-order valence-electron chi connectivity index (χ0n) is 15.1. The zero-order valence-corrected chi connectivity index (χ0v) is 15.1. The molecular weight excluding hydrogens is 314 g/mol. The van der Waals surface area contributed by atoms with E-state index in [0.29, 0.717) is 6.04 Å². The smallest absolute Gasteiger partial charge is 0.154 e. The number of hydrogen-bond donors (Lipinski definition) is 0. The first-order chi connectivity index (χ1) is 11.9. The van der Waals surface area contributed by atoms with Gasteiger partial charge < -0.3 is 9.80 Å². The van der Waals surface area contributed by atoms with E-state index < -0.39 is 0 Å². The molecule has 0 amide bonds. The molecule has 7 nitrogen and oxygen atoms in total. The van der Waals surface area contributed by atoms with Crippen LogP contribution in [0.1, 0.15) is 26.5 Å². The van der Waals surface area contributed by atoms with Gasteiger partial charge in [-0.15, -0.1) is 5.10 Å². The molecule has 0 aliphatic carbocycles. The van der Waals surface area contributed by atoms with Crippen LogP contribution in [0, 0.1) is 0 Å². The van der Waals surface area contributed by atoms with E-state index in [1.54, 1.807) is 12.4 Å². The third kappa shape index (κ3) is 2.79. The number of hydrogen-bond acceptors (Lipinski definition) is 6. The van der Waals surface area contributed by atoms with Gasteiger partial charge in [0.05, 0.1) is 17.9 Å². The van der Waals surface area contributed by atoms with Crippen LogP contribution >= 0.6 is 0 Å². The molecule has 25 heavy (non-hydrogen) atoms. The highest BCUT2D eigenvalue weighted by Gasteiger charge is 2.32. The summed E-state index contributed by atoms with van der Waals surface area (Å²) in [6.07, 6.45) is 5.46. The monoisotopic (exact) mass is 337 g/mol. The molecule has 0 saturated carbocycles.